The highest BCUT2D eigenvalue weighted by Gasteiger charge is 2.38. The zero-order valence-electron chi connectivity index (χ0n) is 32.9. The Morgan fingerprint density at radius 2 is 1.00 bits per heavy atom. The van der Waals surface area contributed by atoms with Crippen molar-refractivity contribution in [2.24, 2.45) is 0 Å². The van der Waals surface area contributed by atoms with Crippen molar-refractivity contribution in [1.29, 1.82) is 0 Å². The van der Waals surface area contributed by atoms with E-state index in [0.717, 1.165) is 40.3 Å². The van der Waals surface area contributed by atoms with Crippen LogP contribution in [0, 0.1) is 13.8 Å². The molecule has 1 aliphatic rings. The standard InChI is InChI=1S/C52H51NO4/c1-39-37-48(52(45-15-6-3-7-16-45,46-17-8-4-9-18-46)47-19-10-5-11-20-47)38-40(2)51(39)57-36-34-55-32-31-54-33-35-56-50-29-25-44(26-30-50)42-14-12-13-41(21-22-42)43-23-27-49(53)28-24-43/h3-13,15-30,37-38H,14,31-36,53H2,1-2H3. The third-order valence-electron chi connectivity index (χ3n) is 10.4. The van der Waals surface area contributed by atoms with Gasteiger partial charge < -0.3 is 24.7 Å². The summed E-state index contributed by atoms with van der Waals surface area (Å²) in [5, 5.41) is 0. The highest BCUT2D eigenvalue weighted by molar-refractivity contribution is 5.81. The van der Waals surface area contributed by atoms with E-state index in [4.69, 9.17) is 24.7 Å². The molecular formula is C52H51NO4. The molecule has 2 N–H and O–H groups in total. The van der Waals surface area contributed by atoms with E-state index >= 15 is 0 Å². The monoisotopic (exact) mass is 753 g/mol. The molecule has 5 nitrogen and oxygen atoms in total. The Labute approximate surface area is 337 Å². The Kier molecular flexibility index (Phi) is 13.1. The van der Waals surface area contributed by atoms with E-state index in [1.807, 2.05) is 24.3 Å². The van der Waals surface area contributed by atoms with Crippen molar-refractivity contribution in [3.05, 3.63) is 220 Å². The second-order valence-electron chi connectivity index (χ2n) is 14.3. The van der Waals surface area contributed by atoms with Gasteiger partial charge in [0, 0.05) is 5.69 Å². The van der Waals surface area contributed by atoms with E-state index in [1.165, 1.54) is 39.0 Å². The summed E-state index contributed by atoms with van der Waals surface area (Å²) in [6, 6.07) is 53.1. The molecule has 0 spiro atoms. The molecule has 0 fully saturated rings. The summed E-state index contributed by atoms with van der Waals surface area (Å²) in [7, 11) is 0. The van der Waals surface area contributed by atoms with Crippen LogP contribution in [-0.4, -0.2) is 39.6 Å². The van der Waals surface area contributed by atoms with Gasteiger partial charge in [0.2, 0.25) is 0 Å². The minimum absolute atomic E-state index is 0.453. The highest BCUT2D eigenvalue weighted by Crippen LogP contribution is 2.46. The predicted molar refractivity (Wildman–Crippen MR) is 234 cm³/mol. The summed E-state index contributed by atoms with van der Waals surface area (Å²) in [6.45, 7) is 7.12. The van der Waals surface area contributed by atoms with Gasteiger partial charge in [-0.15, -0.1) is 0 Å². The summed E-state index contributed by atoms with van der Waals surface area (Å²) < 4.78 is 23.9. The first-order valence-corrected chi connectivity index (χ1v) is 19.8. The van der Waals surface area contributed by atoms with Crippen molar-refractivity contribution in [3.8, 4) is 11.5 Å². The minimum atomic E-state index is -0.496. The molecule has 288 valence electrons. The third-order valence-corrected chi connectivity index (χ3v) is 10.4. The molecule has 0 atom stereocenters. The molecule has 0 unspecified atom stereocenters. The van der Waals surface area contributed by atoms with Gasteiger partial charge in [0.1, 0.15) is 24.7 Å². The van der Waals surface area contributed by atoms with E-state index in [0.29, 0.717) is 39.6 Å². The molecule has 7 rings (SSSR count). The van der Waals surface area contributed by atoms with Crippen LogP contribution < -0.4 is 15.2 Å². The number of aryl methyl sites for hydroxylation is 2. The minimum Gasteiger partial charge on any atom is -0.491 e. The predicted octanol–water partition coefficient (Wildman–Crippen LogP) is 11.2. The van der Waals surface area contributed by atoms with E-state index < -0.39 is 5.41 Å². The Hall–Kier alpha value is -6.14. The van der Waals surface area contributed by atoms with Crippen LogP contribution in [0.1, 0.15) is 50.9 Å². The largest absolute Gasteiger partial charge is 0.491 e. The summed E-state index contributed by atoms with van der Waals surface area (Å²) in [6.07, 6.45) is 9.59. The second kappa shape index (κ2) is 19.1. The van der Waals surface area contributed by atoms with Crippen molar-refractivity contribution < 1.29 is 18.9 Å². The average Bonchev–Trinajstić information content (AvgIpc) is 3.51. The van der Waals surface area contributed by atoms with Gasteiger partial charge in [0.05, 0.1) is 31.8 Å². The molecule has 0 bridgehead atoms. The van der Waals surface area contributed by atoms with E-state index in [2.05, 4.69) is 166 Å². The molecule has 0 radical (unpaired) electrons. The number of rotatable bonds is 17. The van der Waals surface area contributed by atoms with Crippen LogP contribution in [0.2, 0.25) is 0 Å². The van der Waals surface area contributed by atoms with Gasteiger partial charge in [0.25, 0.3) is 0 Å². The number of benzene rings is 6. The molecule has 0 heterocycles. The zero-order valence-corrected chi connectivity index (χ0v) is 32.9. The Bertz CT molecular complexity index is 2160. The zero-order chi connectivity index (χ0) is 39.3. The van der Waals surface area contributed by atoms with Gasteiger partial charge in [0.15, 0.2) is 0 Å². The first kappa shape index (κ1) is 39.1. The number of nitrogens with two attached hydrogens (primary N) is 1. The van der Waals surface area contributed by atoms with Crippen LogP contribution >= 0.6 is 0 Å². The maximum Gasteiger partial charge on any atom is 0.125 e. The molecule has 0 aliphatic heterocycles. The van der Waals surface area contributed by atoms with Gasteiger partial charge in [-0.1, -0.05) is 152 Å². The lowest BCUT2D eigenvalue weighted by Crippen LogP contribution is -2.31. The normalized spacial score (nSPS) is 12.7. The fraction of sp³-hybridized carbons (Fsp3) is 0.192. The molecule has 0 saturated carbocycles. The topological polar surface area (TPSA) is 62.9 Å². The van der Waals surface area contributed by atoms with Crippen LogP contribution in [0.25, 0.3) is 11.1 Å². The molecule has 6 aromatic rings. The lowest BCUT2D eigenvalue weighted by Gasteiger charge is -2.37. The maximum absolute atomic E-state index is 6.33. The van der Waals surface area contributed by atoms with Gasteiger partial charge in [-0.25, -0.2) is 0 Å². The first-order chi connectivity index (χ1) is 28.0. The Morgan fingerprint density at radius 1 is 0.509 bits per heavy atom. The summed E-state index contributed by atoms with van der Waals surface area (Å²) in [5.74, 6) is 1.72. The molecule has 0 amide bonds. The molecule has 57 heavy (non-hydrogen) atoms. The number of hydrogen-bond donors (Lipinski definition) is 1. The van der Waals surface area contributed by atoms with Gasteiger partial charge in [-0.2, -0.15) is 0 Å². The van der Waals surface area contributed by atoms with Crippen molar-refractivity contribution in [2.45, 2.75) is 25.7 Å². The summed E-state index contributed by atoms with van der Waals surface area (Å²) in [4.78, 5) is 0. The SMILES string of the molecule is Cc1cc(C(c2ccccc2)(c2ccccc2)c2ccccc2)cc(C)c1OCCOCCOCCOc1ccc(C2=CC=C(c3ccc(N)cc3)C=CC2)cc1. The summed E-state index contributed by atoms with van der Waals surface area (Å²) in [5.41, 5.74) is 17.9. The number of allylic oxidation sites excluding steroid dienone is 6. The van der Waals surface area contributed by atoms with Crippen molar-refractivity contribution >= 4 is 16.8 Å². The first-order valence-electron chi connectivity index (χ1n) is 19.8. The Morgan fingerprint density at radius 3 is 1.54 bits per heavy atom. The third kappa shape index (κ3) is 9.46. The molecule has 0 aromatic heterocycles. The summed E-state index contributed by atoms with van der Waals surface area (Å²) >= 11 is 0. The number of anilines is 1. The molecule has 5 heteroatoms. The van der Waals surface area contributed by atoms with Gasteiger partial charge in [-0.05, 0) is 100 Å². The van der Waals surface area contributed by atoms with Crippen LogP contribution in [0.5, 0.6) is 11.5 Å². The van der Waals surface area contributed by atoms with E-state index in [-0.39, 0.29) is 0 Å². The second-order valence-corrected chi connectivity index (χ2v) is 14.3. The number of ether oxygens (including phenoxy) is 4. The molecular weight excluding hydrogens is 703 g/mol. The quantitative estimate of drug-likeness (QED) is 0.0571. The maximum atomic E-state index is 6.33. The molecule has 6 aromatic carbocycles. The lowest BCUT2D eigenvalue weighted by atomic mass is 9.64. The van der Waals surface area contributed by atoms with Crippen LogP contribution in [0.3, 0.4) is 0 Å². The van der Waals surface area contributed by atoms with Crippen molar-refractivity contribution in [1.82, 2.24) is 0 Å². The molecule has 0 saturated heterocycles. The molecule has 1 aliphatic carbocycles. The van der Waals surface area contributed by atoms with Crippen molar-refractivity contribution in [3.63, 3.8) is 0 Å². The lowest BCUT2D eigenvalue weighted by molar-refractivity contribution is 0.0272. The fourth-order valence-corrected chi connectivity index (χ4v) is 7.68. The van der Waals surface area contributed by atoms with Crippen molar-refractivity contribution in [2.75, 3.05) is 45.4 Å². The highest BCUT2D eigenvalue weighted by atomic mass is 16.6. The smallest absolute Gasteiger partial charge is 0.125 e. The van der Waals surface area contributed by atoms with Crippen LogP contribution in [0.15, 0.2) is 176 Å². The van der Waals surface area contributed by atoms with Crippen LogP contribution in [-0.2, 0) is 14.9 Å². The van der Waals surface area contributed by atoms with Gasteiger partial charge in [-0.3, -0.25) is 0 Å². The number of nitrogen functional groups attached to an aromatic ring is 1. The van der Waals surface area contributed by atoms with Crippen LogP contribution in [0.4, 0.5) is 5.69 Å². The van der Waals surface area contributed by atoms with E-state index in [9.17, 15) is 0 Å². The van der Waals surface area contributed by atoms with Gasteiger partial charge >= 0.3 is 0 Å². The fourth-order valence-electron chi connectivity index (χ4n) is 7.68. The number of hydrogen-bond acceptors (Lipinski definition) is 5. The Balaban J connectivity index is 0.867. The van der Waals surface area contributed by atoms with E-state index in [1.54, 1.807) is 0 Å². The average molecular weight is 754 g/mol.